The lowest BCUT2D eigenvalue weighted by atomic mass is 10.1. The molecule has 4 rings (SSSR count). The van der Waals surface area contributed by atoms with Gasteiger partial charge in [0, 0.05) is 46.0 Å². The Labute approximate surface area is 182 Å². The fourth-order valence-corrected chi connectivity index (χ4v) is 3.99. The van der Waals surface area contributed by atoms with Crippen molar-refractivity contribution >= 4 is 28.8 Å². The molecule has 0 unspecified atom stereocenters. The molecule has 1 fully saturated rings. The number of para-hydroxylation sites is 1. The number of aromatic amines is 1. The first-order valence-corrected chi connectivity index (χ1v) is 10.7. The van der Waals surface area contributed by atoms with Crippen molar-refractivity contribution in [2.75, 3.05) is 56.6 Å². The van der Waals surface area contributed by atoms with Crippen LogP contribution in [-0.2, 0) is 6.42 Å². The molecule has 3 N–H and O–H groups in total. The Bertz CT molecular complexity index is 1030. The second-order valence-electron chi connectivity index (χ2n) is 8.13. The number of nitrogens with zero attached hydrogens (tertiary/aromatic N) is 4. The topological polar surface area (TPSA) is 90.7 Å². The van der Waals surface area contributed by atoms with Crippen LogP contribution < -0.4 is 20.3 Å². The third kappa shape index (κ3) is 5.08. The van der Waals surface area contributed by atoms with E-state index in [1.54, 1.807) is 6.07 Å². The van der Waals surface area contributed by atoms with Crippen LogP contribution in [0.1, 0.15) is 12.0 Å². The molecule has 0 saturated carbocycles. The summed E-state index contributed by atoms with van der Waals surface area (Å²) in [6.07, 6.45) is 1.28. The Morgan fingerprint density at radius 2 is 1.94 bits per heavy atom. The fraction of sp³-hybridized carbons (Fsp3) is 0.391. The number of hydrogen-bond donors (Lipinski definition) is 2. The molecule has 164 valence electrons. The lowest BCUT2D eigenvalue weighted by Gasteiger charge is -2.21. The number of amides is 1. The Hall–Kier alpha value is -3.26. The van der Waals surface area contributed by atoms with E-state index in [1.165, 1.54) is 11.3 Å². The van der Waals surface area contributed by atoms with Gasteiger partial charge in [-0.05, 0) is 49.2 Å². The molecular formula is C23H30N6O2. The molecule has 0 aliphatic carbocycles. The zero-order valence-electron chi connectivity index (χ0n) is 18.2. The molecule has 8 heteroatoms. The smallest absolute Gasteiger partial charge is 0.408 e. The minimum Gasteiger partial charge on any atom is -0.408 e. The number of primary amides is 1. The number of nitrogens with one attached hydrogen (secondary N) is 1. The highest BCUT2D eigenvalue weighted by molar-refractivity contribution is 5.86. The van der Waals surface area contributed by atoms with Gasteiger partial charge in [-0.25, -0.2) is 9.78 Å². The molecule has 0 atom stereocenters. The van der Waals surface area contributed by atoms with Crippen LogP contribution in [-0.4, -0.2) is 67.8 Å². The summed E-state index contributed by atoms with van der Waals surface area (Å²) >= 11 is 0. The first-order chi connectivity index (χ1) is 15.0. The molecule has 1 saturated heterocycles. The normalized spacial score (nSPS) is 15.1. The molecule has 1 aliphatic heterocycles. The Morgan fingerprint density at radius 3 is 2.68 bits per heavy atom. The second kappa shape index (κ2) is 9.26. The van der Waals surface area contributed by atoms with E-state index in [4.69, 9.17) is 10.5 Å². The molecule has 2 aromatic carbocycles. The van der Waals surface area contributed by atoms with Gasteiger partial charge >= 0.3 is 6.09 Å². The number of H-pyrrole nitrogens is 1. The predicted molar refractivity (Wildman–Crippen MR) is 124 cm³/mol. The molecule has 8 nitrogen and oxygen atoms in total. The highest BCUT2D eigenvalue weighted by Crippen LogP contribution is 2.27. The number of carbonyl (C=O) groups excluding carboxylic acids is 1. The first kappa shape index (κ1) is 21.0. The van der Waals surface area contributed by atoms with Crippen LogP contribution in [0.15, 0.2) is 42.5 Å². The molecule has 0 bridgehead atoms. The van der Waals surface area contributed by atoms with Gasteiger partial charge in [-0.15, -0.1) is 0 Å². The Kier molecular flexibility index (Phi) is 6.27. The lowest BCUT2D eigenvalue weighted by Crippen LogP contribution is -2.32. The van der Waals surface area contributed by atoms with Crippen molar-refractivity contribution in [1.29, 1.82) is 0 Å². The molecule has 0 spiro atoms. The van der Waals surface area contributed by atoms with E-state index in [-0.39, 0.29) is 0 Å². The van der Waals surface area contributed by atoms with Gasteiger partial charge in [0.1, 0.15) is 5.52 Å². The van der Waals surface area contributed by atoms with Crippen LogP contribution >= 0.6 is 0 Å². The molecule has 0 radical (unpaired) electrons. The van der Waals surface area contributed by atoms with E-state index >= 15 is 0 Å². The summed E-state index contributed by atoms with van der Waals surface area (Å²) in [4.78, 5) is 26.1. The number of carbonyl (C=O) groups is 1. The van der Waals surface area contributed by atoms with Crippen molar-refractivity contribution in [2.45, 2.75) is 12.8 Å². The van der Waals surface area contributed by atoms with E-state index in [0.717, 1.165) is 57.0 Å². The summed E-state index contributed by atoms with van der Waals surface area (Å²) in [5.74, 6) is 1.18. The lowest BCUT2D eigenvalue weighted by molar-refractivity contribution is 0.211. The van der Waals surface area contributed by atoms with Crippen LogP contribution in [0, 0.1) is 0 Å². The number of hydrogen-bond acceptors (Lipinski definition) is 6. The van der Waals surface area contributed by atoms with E-state index < -0.39 is 6.09 Å². The van der Waals surface area contributed by atoms with E-state index in [0.29, 0.717) is 11.3 Å². The number of fused-ring (bicyclic) bond motifs is 1. The van der Waals surface area contributed by atoms with Crippen molar-refractivity contribution in [2.24, 2.45) is 5.73 Å². The molecule has 31 heavy (non-hydrogen) atoms. The van der Waals surface area contributed by atoms with Crippen molar-refractivity contribution in [3.05, 3.63) is 48.0 Å². The zero-order chi connectivity index (χ0) is 21.8. The van der Waals surface area contributed by atoms with Crippen molar-refractivity contribution in [3.8, 4) is 5.75 Å². The van der Waals surface area contributed by atoms with Crippen LogP contribution in [0.3, 0.4) is 0 Å². The summed E-state index contributed by atoms with van der Waals surface area (Å²) in [6.45, 7) is 4.93. The third-order valence-electron chi connectivity index (χ3n) is 5.73. The number of imidazole rings is 1. The van der Waals surface area contributed by atoms with Gasteiger partial charge in [0.25, 0.3) is 0 Å². The van der Waals surface area contributed by atoms with Gasteiger partial charge in [-0.2, -0.15) is 0 Å². The van der Waals surface area contributed by atoms with Gasteiger partial charge in [0.2, 0.25) is 5.95 Å². The molecule has 1 amide bonds. The predicted octanol–water partition coefficient (Wildman–Crippen LogP) is 2.84. The van der Waals surface area contributed by atoms with Gasteiger partial charge in [0.15, 0.2) is 5.75 Å². The van der Waals surface area contributed by atoms with Gasteiger partial charge in [-0.1, -0.05) is 18.2 Å². The average molecular weight is 423 g/mol. The fourth-order valence-electron chi connectivity index (χ4n) is 3.99. The standard InChI is InChI=1S/C23H30N6O2/c1-27(2)18-9-7-17(8-10-18)11-14-28-12-4-13-29(16-15-28)23-25-19-5-3-6-20(21(19)26-23)31-22(24)30/h3,5-10H,4,11-16H2,1-2H3,(H2,24,30)(H,25,26). The average Bonchev–Trinajstić information content (AvgIpc) is 3.05. The summed E-state index contributed by atoms with van der Waals surface area (Å²) in [7, 11) is 4.12. The maximum Gasteiger partial charge on any atom is 0.410 e. The maximum absolute atomic E-state index is 11.2. The summed E-state index contributed by atoms with van der Waals surface area (Å²) < 4.78 is 5.09. The molecule has 3 aromatic rings. The van der Waals surface area contributed by atoms with E-state index in [1.807, 2.05) is 12.1 Å². The minimum atomic E-state index is -0.834. The second-order valence-corrected chi connectivity index (χ2v) is 8.13. The molecule has 2 heterocycles. The summed E-state index contributed by atoms with van der Waals surface area (Å²) in [5, 5.41) is 0. The monoisotopic (exact) mass is 422 g/mol. The Balaban J connectivity index is 1.37. The van der Waals surface area contributed by atoms with Crippen molar-refractivity contribution < 1.29 is 9.53 Å². The quantitative estimate of drug-likeness (QED) is 0.635. The molecule has 1 aliphatic rings. The van der Waals surface area contributed by atoms with Gasteiger partial charge < -0.3 is 30.2 Å². The van der Waals surface area contributed by atoms with E-state index in [2.05, 4.69) is 63.0 Å². The van der Waals surface area contributed by atoms with Crippen molar-refractivity contribution in [1.82, 2.24) is 14.9 Å². The number of nitrogens with two attached hydrogens (primary N) is 1. The largest absolute Gasteiger partial charge is 0.410 e. The van der Waals surface area contributed by atoms with Crippen LogP contribution in [0.25, 0.3) is 11.0 Å². The van der Waals surface area contributed by atoms with Crippen LogP contribution in [0.2, 0.25) is 0 Å². The van der Waals surface area contributed by atoms with E-state index in [9.17, 15) is 4.79 Å². The maximum atomic E-state index is 11.2. The van der Waals surface area contributed by atoms with Crippen LogP contribution in [0.4, 0.5) is 16.4 Å². The Morgan fingerprint density at radius 1 is 1.13 bits per heavy atom. The number of benzene rings is 2. The highest BCUT2D eigenvalue weighted by atomic mass is 16.5. The highest BCUT2D eigenvalue weighted by Gasteiger charge is 2.19. The van der Waals surface area contributed by atoms with Gasteiger partial charge in [0.05, 0.1) is 5.52 Å². The first-order valence-electron chi connectivity index (χ1n) is 10.7. The summed E-state index contributed by atoms with van der Waals surface area (Å²) in [6, 6.07) is 14.2. The minimum absolute atomic E-state index is 0.379. The van der Waals surface area contributed by atoms with Crippen molar-refractivity contribution in [3.63, 3.8) is 0 Å². The SMILES string of the molecule is CN(C)c1ccc(CCN2CCCN(c3nc4c(OC(N)=O)cccc4[nH]3)CC2)cc1. The van der Waals surface area contributed by atoms with Gasteiger partial charge in [-0.3, -0.25) is 0 Å². The number of rotatable bonds is 6. The molecule has 1 aromatic heterocycles. The molecular weight excluding hydrogens is 392 g/mol. The number of ether oxygens (including phenoxy) is 1. The third-order valence-corrected chi connectivity index (χ3v) is 5.73. The number of anilines is 2. The zero-order valence-corrected chi connectivity index (χ0v) is 18.2. The van der Waals surface area contributed by atoms with Crippen LogP contribution in [0.5, 0.6) is 5.75 Å². The summed E-state index contributed by atoms with van der Waals surface area (Å²) in [5.41, 5.74) is 9.22. The number of aromatic nitrogens is 2.